The molecule has 1 spiro atoms. The Labute approximate surface area is 207 Å². The summed E-state index contributed by atoms with van der Waals surface area (Å²) in [5.74, 6) is 0.461. The first kappa shape index (κ1) is 27.1. The molecule has 11 nitrogen and oxygen atoms in total. The first-order valence-corrected chi connectivity index (χ1v) is 12.7. The van der Waals surface area contributed by atoms with E-state index in [2.05, 4.69) is 10.6 Å². The fourth-order valence-corrected chi connectivity index (χ4v) is 6.39. The van der Waals surface area contributed by atoms with Crippen LogP contribution >= 0.6 is 11.8 Å². The number of aliphatic carboxylic acids is 1. The number of aliphatic hydroxyl groups is 1. The average molecular weight is 512 g/mol. The van der Waals surface area contributed by atoms with Crippen molar-refractivity contribution in [1.29, 1.82) is 0 Å². The van der Waals surface area contributed by atoms with Crippen molar-refractivity contribution in [3.63, 3.8) is 0 Å². The number of ether oxygens (including phenoxy) is 1. The number of benzene rings is 1. The van der Waals surface area contributed by atoms with E-state index in [-0.39, 0.29) is 17.6 Å². The Morgan fingerprint density at radius 1 is 1.31 bits per heavy atom. The van der Waals surface area contributed by atoms with Gasteiger partial charge in [0.2, 0.25) is 0 Å². The van der Waals surface area contributed by atoms with Gasteiger partial charge in [-0.1, -0.05) is 6.07 Å². The zero-order valence-electron chi connectivity index (χ0n) is 19.8. The molecule has 0 radical (unpaired) electrons. The van der Waals surface area contributed by atoms with E-state index in [0.29, 0.717) is 31.4 Å². The lowest BCUT2D eigenvalue weighted by molar-refractivity contribution is -0.185. The number of Topliss-reactive ketones (excluding diaryl/α,β-unsaturated/α-hetero) is 1. The Bertz CT molecular complexity index is 1000. The van der Waals surface area contributed by atoms with Crippen LogP contribution in [-0.4, -0.2) is 92.6 Å². The van der Waals surface area contributed by atoms with Crippen molar-refractivity contribution in [1.82, 2.24) is 4.90 Å². The number of likely N-dealkylation sites (tertiary alicyclic amines) is 1. The van der Waals surface area contributed by atoms with Crippen LogP contribution < -0.4 is 16.2 Å². The molecule has 2 heterocycles. The second-order valence-electron chi connectivity index (χ2n) is 9.32. The van der Waals surface area contributed by atoms with E-state index < -0.39 is 35.2 Å². The Morgan fingerprint density at radius 2 is 1.97 bits per heavy atom. The number of phenols is 1. The number of piperidine rings is 1. The molecule has 1 aromatic carbocycles. The summed E-state index contributed by atoms with van der Waals surface area (Å²) in [6.45, 7) is 0.828. The molecule has 0 aromatic heterocycles. The van der Waals surface area contributed by atoms with Gasteiger partial charge < -0.3 is 41.5 Å². The Kier molecular flexibility index (Phi) is 7.89. The van der Waals surface area contributed by atoms with E-state index in [1.807, 2.05) is 19.4 Å². The average Bonchev–Trinajstić information content (AvgIpc) is 3.15. The van der Waals surface area contributed by atoms with Gasteiger partial charge in [0, 0.05) is 18.0 Å². The first-order chi connectivity index (χ1) is 16.4. The lowest BCUT2D eigenvalue weighted by atomic mass is 9.49. The predicted octanol–water partition coefficient (Wildman–Crippen LogP) is 0.520. The number of likely N-dealkylation sites (N-methyl/N-ethyl adjacent to an activating group) is 1. The summed E-state index contributed by atoms with van der Waals surface area (Å²) in [6.07, 6.45) is 2.75. The van der Waals surface area contributed by atoms with Gasteiger partial charge in [-0.05, 0) is 62.9 Å². The summed E-state index contributed by atoms with van der Waals surface area (Å²) in [4.78, 5) is 33.6. The molecule has 1 saturated carbocycles. The molecule has 2 aliphatic heterocycles. The number of thioether (sulfide) groups is 1. The number of carbonyl (C=O) groups excluding carboxylic acids is 1. The van der Waals surface area contributed by atoms with Crippen molar-refractivity contribution < 1.29 is 39.5 Å². The highest BCUT2D eigenvalue weighted by Crippen LogP contribution is 2.64. The van der Waals surface area contributed by atoms with Gasteiger partial charge >= 0.3 is 12.1 Å². The van der Waals surface area contributed by atoms with Gasteiger partial charge in [0.15, 0.2) is 23.4 Å². The maximum Gasteiger partial charge on any atom is 0.402 e. The molecule has 8 N–H and O–H groups in total. The third-order valence-corrected chi connectivity index (χ3v) is 8.12. The first-order valence-electron chi connectivity index (χ1n) is 11.3. The third kappa shape index (κ3) is 4.55. The summed E-state index contributed by atoms with van der Waals surface area (Å²) in [6, 6.07) is 2.89. The number of carboxylic acids is 1. The lowest BCUT2D eigenvalue weighted by Gasteiger charge is -2.61. The van der Waals surface area contributed by atoms with E-state index in [1.54, 1.807) is 17.8 Å². The summed E-state index contributed by atoms with van der Waals surface area (Å²) >= 11 is 1.60. The number of hydrogen-bond donors (Lipinski definition) is 6. The summed E-state index contributed by atoms with van der Waals surface area (Å²) in [5.41, 5.74) is 9.59. The summed E-state index contributed by atoms with van der Waals surface area (Å²) in [7, 11) is 2.04. The number of carboxylic acid groups (broad SMARTS) is 2. The predicted molar refractivity (Wildman–Crippen MR) is 129 cm³/mol. The molecule has 2 bridgehead atoms. The number of primary amides is 1. The van der Waals surface area contributed by atoms with Gasteiger partial charge in [0.25, 0.3) is 0 Å². The van der Waals surface area contributed by atoms with Crippen molar-refractivity contribution in [2.45, 2.75) is 61.3 Å². The number of nitrogens with two attached hydrogens (primary N) is 2. The van der Waals surface area contributed by atoms with E-state index in [9.17, 15) is 19.8 Å². The smallest absolute Gasteiger partial charge is 0.402 e. The number of ketones is 1. The number of aromatic hydroxyl groups is 1. The van der Waals surface area contributed by atoms with Crippen LogP contribution in [0.4, 0.5) is 4.79 Å². The Balaban J connectivity index is 0.000000222. The molecule has 194 valence electrons. The second kappa shape index (κ2) is 10.2. The van der Waals surface area contributed by atoms with Gasteiger partial charge in [-0.25, -0.2) is 4.79 Å². The molecule has 5 atom stereocenters. The number of rotatable bonds is 4. The zero-order valence-corrected chi connectivity index (χ0v) is 20.6. The minimum Gasteiger partial charge on any atom is -0.504 e. The van der Waals surface area contributed by atoms with E-state index in [1.165, 1.54) is 0 Å². The number of phenolic OH excluding ortho intramolecular Hbond substituents is 1. The number of amides is 1. The maximum absolute atomic E-state index is 12.5. The van der Waals surface area contributed by atoms with Gasteiger partial charge in [0.05, 0.1) is 11.0 Å². The van der Waals surface area contributed by atoms with Crippen molar-refractivity contribution in [3.8, 4) is 11.5 Å². The highest BCUT2D eigenvalue weighted by Gasteiger charge is 2.72. The minimum atomic E-state index is -1.33. The second-order valence-corrected chi connectivity index (χ2v) is 10.3. The molecule has 1 saturated heterocycles. The summed E-state index contributed by atoms with van der Waals surface area (Å²) in [5, 5.41) is 37.3. The van der Waals surface area contributed by atoms with E-state index >= 15 is 0 Å². The quantitative estimate of drug-likeness (QED) is 0.329. The van der Waals surface area contributed by atoms with Crippen LogP contribution in [0.3, 0.4) is 0 Å². The molecule has 35 heavy (non-hydrogen) atoms. The lowest BCUT2D eigenvalue weighted by Crippen LogP contribution is -2.76. The van der Waals surface area contributed by atoms with Crippen LogP contribution in [0.5, 0.6) is 11.5 Å². The van der Waals surface area contributed by atoms with Crippen LogP contribution in [0.25, 0.3) is 0 Å². The normalized spacial score (nSPS) is 30.5. The van der Waals surface area contributed by atoms with Crippen molar-refractivity contribution in [3.05, 3.63) is 23.3 Å². The highest BCUT2D eigenvalue weighted by atomic mass is 32.2. The van der Waals surface area contributed by atoms with Gasteiger partial charge in [-0.15, -0.1) is 0 Å². The Hall–Kier alpha value is -2.54. The van der Waals surface area contributed by atoms with Crippen LogP contribution in [0.15, 0.2) is 12.1 Å². The molecule has 2 aliphatic carbocycles. The van der Waals surface area contributed by atoms with Gasteiger partial charge in [-0.2, -0.15) is 11.8 Å². The van der Waals surface area contributed by atoms with Crippen LogP contribution in [-0.2, 0) is 21.4 Å². The number of carbonyl (C=O) groups is 3. The fourth-order valence-electron chi connectivity index (χ4n) is 5.90. The molecule has 2 fully saturated rings. The molecule has 1 aromatic rings. The minimum absolute atomic E-state index is 0.00319. The third-order valence-electron chi connectivity index (χ3n) is 7.48. The van der Waals surface area contributed by atoms with Crippen molar-refractivity contribution in [2.24, 2.45) is 11.5 Å². The van der Waals surface area contributed by atoms with Crippen molar-refractivity contribution in [2.75, 3.05) is 25.6 Å². The number of nitrogens with zero attached hydrogens (tertiary/aromatic N) is 1. The molecule has 12 heteroatoms. The standard InChI is InChI=1S/C17H19NO4.C5H11NO2S.CH3NO2/c1-18-7-6-16-13-9-2-3-10(19)14(13)22-15(16)11(20)4-5-17(16,21)12(18)8-9;1-9-3-2-4(6)5(7)8;2-1(3)4/h2-3,12,15,19,21H,4-8H2,1H3;4H,2-3,6H2,1H3,(H,7,8);2H2,(H,3,4)/t12-,15+,16+,17-;;/m1../s1. The van der Waals surface area contributed by atoms with Crippen LogP contribution in [0.2, 0.25) is 0 Å². The maximum atomic E-state index is 12.5. The molecular weight excluding hydrogens is 478 g/mol. The monoisotopic (exact) mass is 511 g/mol. The largest absolute Gasteiger partial charge is 0.504 e. The van der Waals surface area contributed by atoms with Crippen molar-refractivity contribution >= 4 is 29.6 Å². The molecule has 4 aliphatic rings. The highest BCUT2D eigenvalue weighted by molar-refractivity contribution is 7.98. The number of hydrogen-bond acceptors (Lipinski definition) is 9. The van der Waals surface area contributed by atoms with Crippen LogP contribution in [0, 0.1) is 0 Å². The molecular formula is C23H33N3O8S. The Morgan fingerprint density at radius 3 is 2.57 bits per heavy atom. The van der Waals surface area contributed by atoms with Crippen LogP contribution in [0.1, 0.15) is 36.8 Å². The molecule has 5 rings (SSSR count). The van der Waals surface area contributed by atoms with E-state index in [0.717, 1.165) is 29.8 Å². The fraction of sp³-hybridized carbons (Fsp3) is 0.609. The van der Waals surface area contributed by atoms with Gasteiger partial charge in [0.1, 0.15) is 6.04 Å². The zero-order chi connectivity index (χ0) is 26.1. The topological polar surface area (TPSA) is 197 Å². The van der Waals surface area contributed by atoms with E-state index in [4.69, 9.17) is 25.5 Å². The SMILES string of the molecule is CN1CC[C@]23c4c5ccc(O)c4O[C@H]2C(=O)CC[C@@]3(O)[C@H]1C5.CSCCC(N)C(=O)O.NC(=O)O. The van der Waals surface area contributed by atoms with Gasteiger partial charge in [-0.3, -0.25) is 9.59 Å². The molecule has 1 amide bonds. The summed E-state index contributed by atoms with van der Waals surface area (Å²) < 4.78 is 5.94. The molecule has 1 unspecified atom stereocenters.